The number of hydrogen-bond acceptors (Lipinski definition) is 3. The van der Waals surface area contributed by atoms with Crippen LogP contribution in [0.1, 0.15) is 51.0 Å². The highest BCUT2D eigenvalue weighted by Gasteiger charge is 2.56. The lowest BCUT2D eigenvalue weighted by molar-refractivity contribution is -0.146. The van der Waals surface area contributed by atoms with Crippen molar-refractivity contribution in [2.45, 2.75) is 52.0 Å². The fraction of sp³-hybridized carbons (Fsp3) is 0.529. The molecule has 0 unspecified atom stereocenters. The average Bonchev–Trinajstić information content (AvgIpc) is 3.14. The summed E-state index contributed by atoms with van der Waals surface area (Å²) in [6.45, 7) is 8.59. The number of aromatic nitrogens is 2. The van der Waals surface area contributed by atoms with Crippen LogP contribution in [0.15, 0.2) is 18.2 Å². The Morgan fingerprint density at radius 1 is 1.43 bits per heavy atom. The lowest BCUT2D eigenvalue weighted by atomic mass is 10.1. The molecule has 0 aliphatic heterocycles. The third-order valence-electron chi connectivity index (χ3n) is 4.21. The van der Waals surface area contributed by atoms with E-state index in [1.165, 1.54) is 5.56 Å². The summed E-state index contributed by atoms with van der Waals surface area (Å²) in [4.78, 5) is 17.2. The molecule has 0 spiro atoms. The summed E-state index contributed by atoms with van der Waals surface area (Å²) < 4.78 is 7.48. The Morgan fingerprint density at radius 2 is 2.14 bits per heavy atom. The van der Waals surface area contributed by atoms with E-state index in [4.69, 9.17) is 9.72 Å². The molecule has 0 atom stereocenters. The molecule has 2 aromatic rings. The van der Waals surface area contributed by atoms with Gasteiger partial charge < -0.3 is 9.30 Å². The minimum absolute atomic E-state index is 0.126. The number of hydrogen-bond donors (Lipinski definition) is 0. The molecule has 0 bridgehead atoms. The molecule has 112 valence electrons. The lowest BCUT2D eigenvalue weighted by Gasteiger charge is -2.18. The zero-order valence-electron chi connectivity index (χ0n) is 13.1. The third-order valence-corrected chi connectivity index (χ3v) is 4.21. The quantitative estimate of drug-likeness (QED) is 0.808. The van der Waals surface area contributed by atoms with Gasteiger partial charge in [0.1, 0.15) is 11.2 Å². The van der Waals surface area contributed by atoms with Gasteiger partial charge in [-0.05, 0) is 58.2 Å². The third kappa shape index (κ3) is 2.13. The predicted octanol–water partition coefficient (Wildman–Crippen LogP) is 3.52. The Kier molecular flexibility index (Phi) is 3.27. The van der Waals surface area contributed by atoms with Crippen molar-refractivity contribution in [2.24, 2.45) is 0 Å². The summed E-state index contributed by atoms with van der Waals surface area (Å²) in [7, 11) is 0. The number of benzene rings is 1. The van der Waals surface area contributed by atoms with E-state index in [0.29, 0.717) is 6.61 Å². The SMILES string of the molecule is CCOC(=O)C1(c2nc3cc(C)ccc3n2C(C)C)CC1. The first-order chi connectivity index (χ1) is 9.99. The van der Waals surface area contributed by atoms with Gasteiger partial charge in [0.15, 0.2) is 0 Å². The molecule has 1 aromatic carbocycles. The molecule has 0 amide bonds. The molecule has 1 aliphatic rings. The highest BCUT2D eigenvalue weighted by atomic mass is 16.5. The molecular weight excluding hydrogens is 264 g/mol. The number of ether oxygens (including phenoxy) is 1. The van der Waals surface area contributed by atoms with Crippen molar-refractivity contribution >= 4 is 17.0 Å². The number of carbonyl (C=O) groups is 1. The van der Waals surface area contributed by atoms with Crippen LogP contribution in [-0.4, -0.2) is 22.1 Å². The van der Waals surface area contributed by atoms with Crippen molar-refractivity contribution in [3.8, 4) is 0 Å². The molecule has 1 heterocycles. The van der Waals surface area contributed by atoms with Gasteiger partial charge in [0, 0.05) is 6.04 Å². The van der Waals surface area contributed by atoms with Crippen molar-refractivity contribution in [3.05, 3.63) is 29.6 Å². The van der Waals surface area contributed by atoms with E-state index in [-0.39, 0.29) is 12.0 Å². The Bertz CT molecular complexity index is 696. The molecule has 4 nitrogen and oxygen atoms in total. The van der Waals surface area contributed by atoms with Crippen molar-refractivity contribution < 1.29 is 9.53 Å². The number of esters is 1. The molecule has 1 aliphatic carbocycles. The molecule has 4 heteroatoms. The zero-order chi connectivity index (χ0) is 15.2. The second-order valence-electron chi connectivity index (χ2n) is 6.19. The van der Waals surface area contributed by atoms with Crippen molar-refractivity contribution in [1.29, 1.82) is 0 Å². The maximum absolute atomic E-state index is 12.4. The van der Waals surface area contributed by atoms with Gasteiger partial charge in [-0.15, -0.1) is 0 Å². The first-order valence-corrected chi connectivity index (χ1v) is 7.66. The van der Waals surface area contributed by atoms with Gasteiger partial charge in [0.2, 0.25) is 0 Å². The molecular formula is C17H22N2O2. The summed E-state index contributed by atoms with van der Waals surface area (Å²) >= 11 is 0. The first-order valence-electron chi connectivity index (χ1n) is 7.66. The lowest BCUT2D eigenvalue weighted by Crippen LogP contribution is -2.27. The molecule has 0 radical (unpaired) electrons. The van der Waals surface area contributed by atoms with Crippen molar-refractivity contribution in [1.82, 2.24) is 9.55 Å². The van der Waals surface area contributed by atoms with E-state index < -0.39 is 5.41 Å². The van der Waals surface area contributed by atoms with Gasteiger partial charge in [-0.25, -0.2) is 4.98 Å². The predicted molar refractivity (Wildman–Crippen MR) is 82.4 cm³/mol. The Balaban J connectivity index is 2.18. The molecule has 3 rings (SSSR count). The number of nitrogens with zero attached hydrogens (tertiary/aromatic N) is 2. The summed E-state index contributed by atoms with van der Waals surface area (Å²) in [6.07, 6.45) is 1.67. The Hall–Kier alpha value is -1.84. The minimum Gasteiger partial charge on any atom is -0.465 e. The summed E-state index contributed by atoms with van der Waals surface area (Å²) in [5.74, 6) is 0.746. The number of carbonyl (C=O) groups excluding carboxylic acids is 1. The summed E-state index contributed by atoms with van der Waals surface area (Å²) in [5, 5.41) is 0. The van der Waals surface area contributed by atoms with Crippen LogP contribution in [0, 0.1) is 6.92 Å². The van der Waals surface area contributed by atoms with Crippen molar-refractivity contribution in [3.63, 3.8) is 0 Å². The van der Waals surface area contributed by atoms with Crippen LogP contribution in [-0.2, 0) is 14.9 Å². The number of aryl methyl sites for hydroxylation is 1. The van der Waals surface area contributed by atoms with Crippen LogP contribution in [0.3, 0.4) is 0 Å². The van der Waals surface area contributed by atoms with E-state index in [9.17, 15) is 4.79 Å². The Labute approximate surface area is 125 Å². The maximum Gasteiger partial charge on any atom is 0.319 e. The number of rotatable bonds is 4. The Morgan fingerprint density at radius 3 is 2.71 bits per heavy atom. The topological polar surface area (TPSA) is 44.1 Å². The second-order valence-corrected chi connectivity index (χ2v) is 6.19. The monoisotopic (exact) mass is 286 g/mol. The number of fused-ring (bicyclic) bond motifs is 1. The zero-order valence-corrected chi connectivity index (χ0v) is 13.1. The fourth-order valence-corrected chi connectivity index (χ4v) is 2.98. The largest absolute Gasteiger partial charge is 0.465 e. The van der Waals surface area contributed by atoms with E-state index in [2.05, 4.69) is 43.5 Å². The molecule has 21 heavy (non-hydrogen) atoms. The van der Waals surface area contributed by atoms with E-state index in [1.54, 1.807) is 0 Å². The fourth-order valence-electron chi connectivity index (χ4n) is 2.98. The smallest absolute Gasteiger partial charge is 0.319 e. The van der Waals surface area contributed by atoms with Crippen LogP contribution >= 0.6 is 0 Å². The van der Waals surface area contributed by atoms with Crippen LogP contribution in [0.5, 0.6) is 0 Å². The molecule has 0 N–H and O–H groups in total. The molecule has 1 fully saturated rings. The van der Waals surface area contributed by atoms with Gasteiger partial charge in [0.05, 0.1) is 17.6 Å². The van der Waals surface area contributed by atoms with Crippen LogP contribution in [0.2, 0.25) is 0 Å². The van der Waals surface area contributed by atoms with Gasteiger partial charge in [-0.1, -0.05) is 6.07 Å². The molecule has 1 saturated carbocycles. The van der Waals surface area contributed by atoms with Gasteiger partial charge in [0.25, 0.3) is 0 Å². The second kappa shape index (κ2) is 4.86. The van der Waals surface area contributed by atoms with E-state index >= 15 is 0 Å². The van der Waals surface area contributed by atoms with Crippen LogP contribution < -0.4 is 0 Å². The van der Waals surface area contributed by atoms with Gasteiger partial charge in [-0.3, -0.25) is 4.79 Å². The highest BCUT2D eigenvalue weighted by molar-refractivity contribution is 5.88. The molecule has 0 saturated heterocycles. The van der Waals surface area contributed by atoms with E-state index in [1.807, 2.05) is 6.92 Å². The van der Waals surface area contributed by atoms with Crippen molar-refractivity contribution in [2.75, 3.05) is 6.61 Å². The van der Waals surface area contributed by atoms with Gasteiger partial charge in [-0.2, -0.15) is 0 Å². The maximum atomic E-state index is 12.4. The minimum atomic E-state index is -0.521. The van der Waals surface area contributed by atoms with Crippen LogP contribution in [0.4, 0.5) is 0 Å². The highest BCUT2D eigenvalue weighted by Crippen LogP contribution is 2.50. The van der Waals surface area contributed by atoms with Gasteiger partial charge >= 0.3 is 5.97 Å². The first kappa shape index (κ1) is 14.1. The molecule has 1 aromatic heterocycles. The summed E-state index contributed by atoms with van der Waals surface area (Å²) in [6, 6.07) is 6.54. The normalized spacial score (nSPS) is 16.4. The van der Waals surface area contributed by atoms with Crippen LogP contribution in [0.25, 0.3) is 11.0 Å². The van der Waals surface area contributed by atoms with E-state index in [0.717, 1.165) is 29.7 Å². The standard InChI is InChI=1S/C17H22N2O2/c1-5-21-16(20)17(8-9-17)15-18-13-10-12(4)6-7-14(13)19(15)11(2)3/h6-7,10-11H,5,8-9H2,1-4H3. The summed E-state index contributed by atoms with van der Waals surface area (Å²) in [5.41, 5.74) is 2.73. The number of imidazole rings is 1. The average molecular weight is 286 g/mol.